The van der Waals surface area contributed by atoms with Crippen LogP contribution >= 0.6 is 11.3 Å². The fourth-order valence-corrected chi connectivity index (χ4v) is 7.60. The van der Waals surface area contributed by atoms with Crippen LogP contribution in [-0.2, 0) is 19.1 Å². The van der Waals surface area contributed by atoms with Crippen LogP contribution in [0.2, 0.25) is 0 Å². The van der Waals surface area contributed by atoms with E-state index in [0.29, 0.717) is 20.5 Å². The molecule has 8 nitrogen and oxygen atoms in total. The highest BCUT2D eigenvalue weighted by Gasteiger charge is 2.40. The second-order valence-corrected chi connectivity index (χ2v) is 12.0. The molecule has 0 radical (unpaired) electrons. The molecule has 1 aliphatic rings. The first-order chi connectivity index (χ1) is 22.4. The standard InChI is InChI=1S/C37H30N2O6S/c1-4-44-36(41)31-30(26-18-14-23-12-11-21-7-6-8-22-13-17-25(26)29(23)28(21)22)32(37(42)45-5-2)35-39(33(31)38)34(40)27(46-35)19-20-9-15-24(43-3)16-10-20/h6-19,30H,4-5,38H2,1-3H3/b27-19-. The van der Waals surface area contributed by atoms with Crippen molar-refractivity contribution in [3.8, 4) is 5.75 Å². The van der Waals surface area contributed by atoms with Gasteiger partial charge >= 0.3 is 11.9 Å². The van der Waals surface area contributed by atoms with E-state index in [1.807, 2.05) is 42.5 Å². The molecule has 2 N–H and O–H groups in total. The molecule has 2 heterocycles. The molecule has 0 aliphatic carbocycles. The summed E-state index contributed by atoms with van der Waals surface area (Å²) in [5.41, 5.74) is 7.94. The summed E-state index contributed by atoms with van der Waals surface area (Å²) in [6, 6.07) is 25.5. The van der Waals surface area contributed by atoms with Crippen molar-refractivity contribution < 1.29 is 23.8 Å². The van der Waals surface area contributed by atoms with Crippen LogP contribution in [0.1, 0.15) is 30.9 Å². The number of thiazole rings is 1. The zero-order chi connectivity index (χ0) is 32.1. The molecule has 1 unspecified atom stereocenters. The lowest BCUT2D eigenvalue weighted by Gasteiger charge is -2.28. The van der Waals surface area contributed by atoms with E-state index in [0.717, 1.165) is 49.2 Å². The number of rotatable bonds is 7. The molecule has 46 heavy (non-hydrogen) atoms. The van der Waals surface area contributed by atoms with Crippen LogP contribution < -0.4 is 25.2 Å². The molecule has 0 amide bonds. The number of methoxy groups -OCH3 is 1. The van der Waals surface area contributed by atoms with Gasteiger partial charge in [0.2, 0.25) is 0 Å². The zero-order valence-electron chi connectivity index (χ0n) is 25.5. The van der Waals surface area contributed by atoms with Gasteiger partial charge in [-0.15, -0.1) is 11.3 Å². The van der Waals surface area contributed by atoms with Crippen LogP contribution in [0.4, 0.5) is 0 Å². The van der Waals surface area contributed by atoms with Gasteiger partial charge in [0.05, 0.1) is 41.9 Å². The Hall–Kier alpha value is -5.41. The molecule has 230 valence electrons. The summed E-state index contributed by atoms with van der Waals surface area (Å²) >= 11 is 1.13. The van der Waals surface area contributed by atoms with Crippen LogP contribution in [0.5, 0.6) is 5.75 Å². The molecule has 0 saturated heterocycles. The summed E-state index contributed by atoms with van der Waals surface area (Å²) in [6.07, 6.45) is 1.73. The first-order valence-corrected chi connectivity index (χ1v) is 15.8. The van der Waals surface area contributed by atoms with Crippen molar-refractivity contribution in [1.29, 1.82) is 0 Å². The van der Waals surface area contributed by atoms with Gasteiger partial charge in [0, 0.05) is 0 Å². The number of hydrogen-bond acceptors (Lipinski definition) is 8. The molecule has 1 aromatic heterocycles. The summed E-state index contributed by atoms with van der Waals surface area (Å²) in [7, 11) is 1.58. The smallest absolute Gasteiger partial charge is 0.338 e. The molecule has 1 aliphatic heterocycles. The average molecular weight is 631 g/mol. The molecule has 5 aromatic carbocycles. The third kappa shape index (κ3) is 4.54. The topological polar surface area (TPSA) is 110 Å². The Morgan fingerprint density at radius 2 is 1.43 bits per heavy atom. The minimum atomic E-state index is -0.963. The number of esters is 2. The lowest BCUT2D eigenvalue weighted by Crippen LogP contribution is -2.42. The number of carbonyl (C=O) groups is 2. The zero-order valence-corrected chi connectivity index (χ0v) is 26.3. The predicted molar refractivity (Wildman–Crippen MR) is 181 cm³/mol. The van der Waals surface area contributed by atoms with E-state index in [4.69, 9.17) is 19.9 Å². The summed E-state index contributed by atoms with van der Waals surface area (Å²) < 4.78 is 18.3. The van der Waals surface area contributed by atoms with E-state index in [2.05, 4.69) is 24.3 Å². The van der Waals surface area contributed by atoms with Crippen molar-refractivity contribution in [2.75, 3.05) is 20.3 Å². The van der Waals surface area contributed by atoms with Crippen molar-refractivity contribution in [2.24, 2.45) is 5.73 Å². The molecule has 7 rings (SSSR count). The number of ether oxygens (including phenoxy) is 3. The predicted octanol–water partition coefficient (Wildman–Crippen LogP) is 4.85. The van der Waals surface area contributed by atoms with E-state index in [-0.39, 0.29) is 30.2 Å². The number of benzene rings is 5. The van der Waals surface area contributed by atoms with Crippen molar-refractivity contribution >= 4 is 73.1 Å². The Bertz CT molecular complexity index is 2390. The lowest BCUT2D eigenvalue weighted by atomic mass is 9.79. The Kier molecular flexibility index (Phi) is 7.33. The SMILES string of the molecule is CCOC(=O)C1=C(N)n2c(s/c(=C\c3ccc(OC)cc3)c2=O)=C(C(=O)OCC)C1c1ccc2ccc3cccc4ccc1c2c34. The number of fused-ring (bicyclic) bond motifs is 1. The Morgan fingerprint density at radius 1 is 0.826 bits per heavy atom. The summed E-state index contributed by atoms with van der Waals surface area (Å²) in [6.45, 7) is 3.59. The third-order valence-electron chi connectivity index (χ3n) is 8.43. The number of aromatic nitrogens is 1. The highest BCUT2D eigenvalue weighted by molar-refractivity contribution is 7.07. The van der Waals surface area contributed by atoms with Crippen molar-refractivity contribution in [3.63, 3.8) is 0 Å². The fraction of sp³-hybridized carbons (Fsp3) is 0.162. The number of nitrogens with two attached hydrogens (primary N) is 1. The highest BCUT2D eigenvalue weighted by atomic mass is 32.1. The monoisotopic (exact) mass is 630 g/mol. The van der Waals surface area contributed by atoms with E-state index in [1.54, 1.807) is 39.2 Å². The molecular formula is C37H30N2O6S. The summed E-state index contributed by atoms with van der Waals surface area (Å²) in [5, 5.41) is 6.15. The van der Waals surface area contributed by atoms with Crippen molar-refractivity contribution in [3.05, 3.63) is 115 Å². The first-order valence-electron chi connectivity index (χ1n) is 15.0. The maximum Gasteiger partial charge on any atom is 0.338 e. The second-order valence-electron chi connectivity index (χ2n) is 10.9. The third-order valence-corrected chi connectivity index (χ3v) is 9.53. The number of carbonyl (C=O) groups excluding carboxylic acids is 2. The van der Waals surface area contributed by atoms with Gasteiger partial charge in [-0.1, -0.05) is 66.7 Å². The van der Waals surface area contributed by atoms with Gasteiger partial charge in [-0.3, -0.25) is 9.36 Å². The maximum absolute atomic E-state index is 14.0. The van der Waals surface area contributed by atoms with Gasteiger partial charge in [-0.2, -0.15) is 0 Å². The minimum absolute atomic E-state index is 0.0170. The molecule has 9 heteroatoms. The first kappa shape index (κ1) is 29.3. The summed E-state index contributed by atoms with van der Waals surface area (Å²) in [4.78, 5) is 41.8. The molecule has 0 bridgehead atoms. The Labute approximate surface area is 267 Å². The van der Waals surface area contributed by atoms with Gasteiger partial charge in [0.25, 0.3) is 5.56 Å². The lowest BCUT2D eigenvalue weighted by molar-refractivity contribution is -0.138. The number of nitrogens with zero attached hydrogens (tertiary/aromatic N) is 1. The van der Waals surface area contributed by atoms with E-state index in [9.17, 15) is 14.4 Å². The molecule has 0 fully saturated rings. The molecular weight excluding hydrogens is 600 g/mol. The average Bonchev–Trinajstić information content (AvgIpc) is 3.39. The molecule has 0 saturated carbocycles. The van der Waals surface area contributed by atoms with Crippen LogP contribution in [0, 0.1) is 0 Å². The minimum Gasteiger partial charge on any atom is -0.497 e. The molecule has 1 atom stereocenters. The molecule has 6 aromatic rings. The number of hydrogen-bond donors (Lipinski definition) is 1. The van der Waals surface area contributed by atoms with Gasteiger partial charge in [-0.05, 0) is 75.5 Å². The molecule has 0 spiro atoms. The van der Waals surface area contributed by atoms with Crippen LogP contribution in [0.3, 0.4) is 0 Å². The van der Waals surface area contributed by atoms with Crippen LogP contribution in [0.15, 0.2) is 89.2 Å². The van der Waals surface area contributed by atoms with Crippen LogP contribution in [-0.4, -0.2) is 36.8 Å². The van der Waals surface area contributed by atoms with Gasteiger partial charge in [-0.25, -0.2) is 9.59 Å². The van der Waals surface area contributed by atoms with Gasteiger partial charge < -0.3 is 19.9 Å². The second kappa shape index (κ2) is 11.5. The Balaban J connectivity index is 1.59. The van der Waals surface area contributed by atoms with Crippen LogP contribution in [0.25, 0.3) is 49.8 Å². The Morgan fingerprint density at radius 3 is 2.09 bits per heavy atom. The normalized spacial score (nSPS) is 15.2. The van der Waals surface area contributed by atoms with Crippen molar-refractivity contribution in [1.82, 2.24) is 4.57 Å². The van der Waals surface area contributed by atoms with E-state index < -0.39 is 23.4 Å². The van der Waals surface area contributed by atoms with Gasteiger partial charge in [0.1, 0.15) is 16.2 Å². The fourth-order valence-electron chi connectivity index (χ4n) is 6.43. The van der Waals surface area contributed by atoms with Gasteiger partial charge in [0.15, 0.2) is 0 Å². The van der Waals surface area contributed by atoms with Crippen molar-refractivity contribution in [2.45, 2.75) is 19.8 Å². The maximum atomic E-state index is 14.0. The summed E-state index contributed by atoms with van der Waals surface area (Å²) in [5.74, 6) is -1.71. The quantitative estimate of drug-likeness (QED) is 0.199. The van der Waals surface area contributed by atoms with E-state index >= 15 is 0 Å². The highest BCUT2D eigenvalue weighted by Crippen LogP contribution is 2.44. The van der Waals surface area contributed by atoms with E-state index in [1.165, 1.54) is 4.57 Å². The largest absolute Gasteiger partial charge is 0.497 e.